The van der Waals surface area contributed by atoms with E-state index in [0.717, 1.165) is 40.4 Å². The van der Waals surface area contributed by atoms with Crippen molar-refractivity contribution < 1.29 is 9.59 Å². The van der Waals surface area contributed by atoms with Gasteiger partial charge in [-0.25, -0.2) is 4.98 Å². The molecule has 0 bridgehead atoms. The van der Waals surface area contributed by atoms with Gasteiger partial charge in [0.2, 0.25) is 0 Å². The zero-order valence-corrected chi connectivity index (χ0v) is 16.3. The number of aryl methyl sites for hydroxylation is 2. The Morgan fingerprint density at radius 3 is 2.70 bits per heavy atom. The lowest BCUT2D eigenvalue weighted by Crippen LogP contribution is -2.39. The number of aromatic nitrogens is 2. The molecule has 1 saturated heterocycles. The number of nitrogens with one attached hydrogen (secondary N) is 1. The first-order valence-electron chi connectivity index (χ1n) is 9.12. The normalized spacial score (nSPS) is 15.2. The lowest BCUT2D eigenvalue weighted by atomic mass is 10.1. The summed E-state index contributed by atoms with van der Waals surface area (Å²) in [7, 11) is 0. The van der Waals surface area contributed by atoms with E-state index in [4.69, 9.17) is 0 Å². The number of ketones is 1. The Kier molecular flexibility index (Phi) is 4.70. The predicted octanol–water partition coefficient (Wildman–Crippen LogP) is 3.16. The zero-order chi connectivity index (χ0) is 19.0. The largest absolute Gasteiger partial charge is 0.358 e. The highest BCUT2D eigenvalue weighted by molar-refractivity contribution is 7.13. The van der Waals surface area contributed by atoms with Crippen LogP contribution in [0, 0.1) is 13.8 Å². The fourth-order valence-corrected chi connectivity index (χ4v) is 4.48. The van der Waals surface area contributed by atoms with Crippen molar-refractivity contribution in [1.29, 1.82) is 0 Å². The smallest absolute Gasteiger partial charge is 0.295 e. The average molecular weight is 382 g/mol. The van der Waals surface area contributed by atoms with E-state index in [0.29, 0.717) is 25.2 Å². The third-order valence-corrected chi connectivity index (χ3v) is 5.99. The number of aromatic amines is 1. The molecular weight excluding hydrogens is 360 g/mol. The van der Waals surface area contributed by atoms with Crippen molar-refractivity contribution in [1.82, 2.24) is 14.9 Å². The van der Waals surface area contributed by atoms with Crippen molar-refractivity contribution in [3.63, 3.8) is 0 Å². The first-order valence-corrected chi connectivity index (χ1v) is 10.0. The van der Waals surface area contributed by atoms with E-state index >= 15 is 0 Å². The van der Waals surface area contributed by atoms with E-state index in [9.17, 15) is 9.59 Å². The summed E-state index contributed by atoms with van der Waals surface area (Å²) in [5.74, 6) is -0.844. The number of carbonyl (C=O) groups excluding carboxylic acids is 2. The molecule has 3 aromatic rings. The average Bonchev–Trinajstić information content (AvgIpc) is 3.14. The maximum Gasteiger partial charge on any atom is 0.295 e. The van der Waals surface area contributed by atoms with E-state index in [1.165, 1.54) is 0 Å². The van der Waals surface area contributed by atoms with Crippen LogP contribution < -0.4 is 4.90 Å². The van der Waals surface area contributed by atoms with Gasteiger partial charge in [0.05, 0.1) is 11.3 Å². The fourth-order valence-electron chi connectivity index (χ4n) is 3.62. The molecule has 1 fully saturated rings. The Hall–Kier alpha value is -2.67. The highest BCUT2D eigenvalue weighted by Gasteiger charge is 2.29. The summed E-state index contributed by atoms with van der Waals surface area (Å²) in [5.41, 5.74) is 3.13. The monoisotopic (exact) mass is 382 g/mol. The third-order valence-electron chi connectivity index (χ3n) is 4.98. The Bertz CT molecular complexity index is 1010. The highest BCUT2D eigenvalue weighted by atomic mass is 32.1. The molecule has 3 heterocycles. The van der Waals surface area contributed by atoms with Crippen molar-refractivity contribution in [2.75, 3.05) is 31.1 Å². The summed E-state index contributed by atoms with van der Waals surface area (Å²) in [6.07, 6.45) is 0.824. The Morgan fingerprint density at radius 1 is 1.11 bits per heavy atom. The van der Waals surface area contributed by atoms with E-state index in [2.05, 4.69) is 14.9 Å². The quantitative estimate of drug-likeness (QED) is 0.558. The van der Waals surface area contributed by atoms with Gasteiger partial charge in [0, 0.05) is 48.2 Å². The topological polar surface area (TPSA) is 69.3 Å². The molecule has 1 aromatic carbocycles. The Morgan fingerprint density at radius 2 is 1.93 bits per heavy atom. The molecule has 0 atom stereocenters. The van der Waals surface area contributed by atoms with Gasteiger partial charge in [-0.1, -0.05) is 18.2 Å². The second kappa shape index (κ2) is 7.15. The number of Topliss-reactive ketones (excluding diaryl/α,β-unsaturated/α-hetero) is 1. The van der Waals surface area contributed by atoms with Gasteiger partial charge in [0.1, 0.15) is 0 Å². The lowest BCUT2D eigenvalue weighted by Gasteiger charge is -2.21. The predicted molar refractivity (Wildman–Crippen MR) is 108 cm³/mol. The lowest BCUT2D eigenvalue weighted by molar-refractivity contribution is -0.126. The van der Waals surface area contributed by atoms with Crippen molar-refractivity contribution in [3.05, 3.63) is 46.6 Å². The van der Waals surface area contributed by atoms with Crippen LogP contribution in [0.3, 0.4) is 0 Å². The first kappa shape index (κ1) is 17.7. The zero-order valence-electron chi connectivity index (χ0n) is 15.5. The maximum atomic E-state index is 13.0. The molecule has 0 unspecified atom stereocenters. The van der Waals surface area contributed by atoms with Gasteiger partial charge < -0.3 is 14.8 Å². The minimum absolute atomic E-state index is 0.417. The number of carbonyl (C=O) groups is 2. The summed E-state index contributed by atoms with van der Waals surface area (Å²) < 4.78 is 0. The molecule has 27 heavy (non-hydrogen) atoms. The molecule has 6 nitrogen and oxygen atoms in total. The van der Waals surface area contributed by atoms with Crippen LogP contribution in [0.5, 0.6) is 0 Å². The maximum absolute atomic E-state index is 13.0. The number of benzene rings is 1. The molecule has 1 aliphatic heterocycles. The Balaban J connectivity index is 1.52. The van der Waals surface area contributed by atoms with E-state index < -0.39 is 11.7 Å². The van der Waals surface area contributed by atoms with Crippen molar-refractivity contribution in [2.45, 2.75) is 20.3 Å². The van der Waals surface area contributed by atoms with Crippen LogP contribution in [0.15, 0.2) is 29.6 Å². The third kappa shape index (κ3) is 3.35. The van der Waals surface area contributed by atoms with E-state index in [-0.39, 0.29) is 0 Å². The minimum atomic E-state index is -0.427. The second-order valence-electron chi connectivity index (χ2n) is 6.90. The molecule has 7 heteroatoms. The van der Waals surface area contributed by atoms with Gasteiger partial charge in [0.25, 0.3) is 11.7 Å². The van der Waals surface area contributed by atoms with Crippen LogP contribution >= 0.6 is 11.3 Å². The number of fused-ring (bicyclic) bond motifs is 1. The van der Waals surface area contributed by atoms with Crippen molar-refractivity contribution in [3.8, 4) is 0 Å². The number of thiazole rings is 1. The summed E-state index contributed by atoms with van der Waals surface area (Å²) in [6, 6.07) is 7.60. The molecule has 1 N–H and O–H groups in total. The van der Waals surface area contributed by atoms with E-state index in [1.807, 2.05) is 43.5 Å². The number of nitrogens with zero attached hydrogens (tertiary/aromatic N) is 3. The molecule has 0 spiro atoms. The number of H-pyrrole nitrogens is 1. The van der Waals surface area contributed by atoms with Crippen LogP contribution in [0.2, 0.25) is 0 Å². The van der Waals surface area contributed by atoms with Gasteiger partial charge >= 0.3 is 0 Å². The number of hydrogen-bond acceptors (Lipinski definition) is 5. The Labute approximate surface area is 161 Å². The van der Waals surface area contributed by atoms with Gasteiger partial charge in [-0.15, -0.1) is 11.3 Å². The molecule has 2 aromatic heterocycles. The second-order valence-corrected chi connectivity index (χ2v) is 7.74. The summed E-state index contributed by atoms with van der Waals surface area (Å²) >= 11 is 1.62. The van der Waals surface area contributed by atoms with Crippen LogP contribution in [0.1, 0.15) is 28.2 Å². The van der Waals surface area contributed by atoms with Gasteiger partial charge in [-0.3, -0.25) is 9.59 Å². The highest BCUT2D eigenvalue weighted by Crippen LogP contribution is 2.24. The first-order chi connectivity index (χ1) is 13.0. The van der Waals surface area contributed by atoms with Gasteiger partial charge in [0.15, 0.2) is 5.13 Å². The summed E-state index contributed by atoms with van der Waals surface area (Å²) in [6.45, 7) is 6.48. The van der Waals surface area contributed by atoms with Gasteiger partial charge in [-0.05, 0) is 26.3 Å². The molecule has 1 amide bonds. The SMILES string of the molecule is Cc1csc(N2CCCN(C(=O)C(=O)c3c(C)[nH]c4ccccc34)CC2)n1. The summed E-state index contributed by atoms with van der Waals surface area (Å²) in [5, 5.41) is 3.83. The number of anilines is 1. The molecule has 4 rings (SSSR count). The number of hydrogen-bond donors (Lipinski definition) is 1. The molecule has 0 radical (unpaired) electrons. The van der Waals surface area contributed by atoms with Crippen LogP contribution in [0.25, 0.3) is 10.9 Å². The minimum Gasteiger partial charge on any atom is -0.358 e. The number of rotatable bonds is 3. The summed E-state index contributed by atoms with van der Waals surface area (Å²) in [4.78, 5) is 37.5. The van der Waals surface area contributed by atoms with Crippen LogP contribution in [0.4, 0.5) is 5.13 Å². The molecule has 140 valence electrons. The molecule has 0 aliphatic carbocycles. The van der Waals surface area contributed by atoms with Crippen LogP contribution in [-0.2, 0) is 4.79 Å². The van der Waals surface area contributed by atoms with Crippen molar-refractivity contribution in [2.24, 2.45) is 0 Å². The molecule has 1 aliphatic rings. The molecular formula is C20H22N4O2S. The van der Waals surface area contributed by atoms with Crippen molar-refractivity contribution >= 4 is 39.1 Å². The standard InChI is InChI=1S/C20H22N4O2S/c1-13-12-27-20(21-13)24-9-5-8-23(10-11-24)19(26)18(25)17-14(2)22-16-7-4-3-6-15(16)17/h3-4,6-7,12,22H,5,8-11H2,1-2H3. The van der Waals surface area contributed by atoms with Crippen LogP contribution in [-0.4, -0.2) is 52.7 Å². The van der Waals surface area contributed by atoms with E-state index in [1.54, 1.807) is 16.2 Å². The number of amides is 1. The molecule has 0 saturated carbocycles. The number of para-hydroxylation sites is 1. The van der Waals surface area contributed by atoms with Gasteiger partial charge in [-0.2, -0.15) is 0 Å². The fraction of sp³-hybridized carbons (Fsp3) is 0.350.